The molecule has 1 aromatic rings. The van der Waals surface area contributed by atoms with Crippen molar-refractivity contribution in [3.05, 3.63) is 34.9 Å². The fourth-order valence-corrected chi connectivity index (χ4v) is 2.84. The Labute approximate surface area is 105 Å². The zero-order valence-corrected chi connectivity index (χ0v) is 10.1. The summed E-state index contributed by atoms with van der Waals surface area (Å²) in [6.45, 7) is 0.832. The first-order valence-corrected chi connectivity index (χ1v) is 6.30. The largest absolute Gasteiger partial charge is 0.378 e. The maximum Gasteiger partial charge on any atom is 0.251 e. The zero-order chi connectivity index (χ0) is 11.8. The second-order valence-corrected chi connectivity index (χ2v) is 5.12. The molecule has 2 fully saturated rings. The van der Waals surface area contributed by atoms with Gasteiger partial charge in [0.05, 0.1) is 6.10 Å². The minimum atomic E-state index is -0.0390. The Bertz CT molecular complexity index is 449. The normalized spacial score (nSPS) is 30.5. The maximum absolute atomic E-state index is 12.0. The van der Waals surface area contributed by atoms with Crippen LogP contribution in [0.5, 0.6) is 0 Å². The van der Waals surface area contributed by atoms with Crippen molar-refractivity contribution < 1.29 is 9.53 Å². The van der Waals surface area contributed by atoms with E-state index < -0.39 is 0 Å². The predicted molar refractivity (Wildman–Crippen MR) is 65.2 cm³/mol. The van der Waals surface area contributed by atoms with Crippen LogP contribution in [-0.4, -0.2) is 24.7 Å². The lowest BCUT2D eigenvalue weighted by atomic mass is 9.76. The van der Waals surface area contributed by atoms with Crippen molar-refractivity contribution in [2.24, 2.45) is 5.92 Å². The first-order chi connectivity index (χ1) is 8.24. The molecule has 1 aliphatic heterocycles. The van der Waals surface area contributed by atoms with Crippen molar-refractivity contribution in [3.8, 4) is 0 Å². The van der Waals surface area contributed by atoms with E-state index in [1.165, 1.54) is 0 Å². The van der Waals surface area contributed by atoms with Gasteiger partial charge in [-0.25, -0.2) is 0 Å². The Hall–Kier alpha value is -1.06. The van der Waals surface area contributed by atoms with Crippen LogP contribution in [0.25, 0.3) is 0 Å². The summed E-state index contributed by atoms with van der Waals surface area (Å²) in [5, 5.41) is 3.64. The third-order valence-electron chi connectivity index (χ3n) is 3.67. The van der Waals surface area contributed by atoms with Crippen LogP contribution in [0, 0.1) is 5.92 Å². The Morgan fingerprint density at radius 3 is 3.12 bits per heavy atom. The molecule has 90 valence electrons. The molecule has 0 radical (unpaired) electrons. The molecule has 1 heterocycles. The highest BCUT2D eigenvalue weighted by Crippen LogP contribution is 2.38. The van der Waals surface area contributed by atoms with Crippen LogP contribution < -0.4 is 5.32 Å². The van der Waals surface area contributed by atoms with Gasteiger partial charge in [-0.3, -0.25) is 4.79 Å². The van der Waals surface area contributed by atoms with E-state index >= 15 is 0 Å². The summed E-state index contributed by atoms with van der Waals surface area (Å²) in [7, 11) is 0. The topological polar surface area (TPSA) is 38.3 Å². The van der Waals surface area contributed by atoms with Gasteiger partial charge in [0, 0.05) is 29.2 Å². The van der Waals surface area contributed by atoms with Gasteiger partial charge in [-0.15, -0.1) is 0 Å². The number of carbonyl (C=O) groups excluding carboxylic acids is 1. The van der Waals surface area contributed by atoms with Crippen LogP contribution in [0.15, 0.2) is 24.3 Å². The van der Waals surface area contributed by atoms with E-state index in [-0.39, 0.29) is 11.9 Å². The number of hydrogen-bond acceptors (Lipinski definition) is 2. The second-order valence-electron chi connectivity index (χ2n) is 4.69. The number of hydrogen-bond donors (Lipinski definition) is 1. The molecule has 0 spiro atoms. The molecule has 1 N–H and O–H groups in total. The number of ether oxygens (including phenoxy) is 1. The standard InChI is InChI=1S/C13H14ClNO2/c14-9-3-1-2-8(6-9)13(16)15-11-7-12-10(11)4-5-17-12/h1-3,6,10-12H,4-5,7H2,(H,15,16)/t10-,11+,12+/m0/s1. The van der Waals surface area contributed by atoms with Crippen LogP contribution in [-0.2, 0) is 4.74 Å². The molecule has 1 amide bonds. The van der Waals surface area contributed by atoms with Gasteiger partial charge in [0.25, 0.3) is 5.91 Å². The minimum Gasteiger partial charge on any atom is -0.378 e. The Morgan fingerprint density at radius 1 is 1.47 bits per heavy atom. The van der Waals surface area contributed by atoms with Gasteiger partial charge in [-0.1, -0.05) is 17.7 Å². The van der Waals surface area contributed by atoms with Gasteiger partial charge in [-0.05, 0) is 31.0 Å². The van der Waals surface area contributed by atoms with Gasteiger partial charge in [-0.2, -0.15) is 0 Å². The van der Waals surface area contributed by atoms with Crippen molar-refractivity contribution in [2.75, 3.05) is 6.61 Å². The van der Waals surface area contributed by atoms with Crippen molar-refractivity contribution >= 4 is 17.5 Å². The molecule has 0 aromatic heterocycles. The molecule has 1 aromatic carbocycles. The second kappa shape index (κ2) is 4.31. The molecule has 3 atom stereocenters. The summed E-state index contributed by atoms with van der Waals surface area (Å²) in [6.07, 6.45) is 2.38. The summed E-state index contributed by atoms with van der Waals surface area (Å²) >= 11 is 5.86. The van der Waals surface area contributed by atoms with E-state index in [2.05, 4.69) is 5.32 Å². The third kappa shape index (κ3) is 2.05. The lowest BCUT2D eigenvalue weighted by molar-refractivity contribution is 0.00810. The molecule has 1 aliphatic carbocycles. The molecule has 17 heavy (non-hydrogen) atoms. The van der Waals surface area contributed by atoms with Gasteiger partial charge >= 0.3 is 0 Å². The summed E-state index contributed by atoms with van der Waals surface area (Å²) in [5.74, 6) is 0.473. The number of benzene rings is 1. The number of rotatable bonds is 2. The van der Waals surface area contributed by atoms with Crippen LogP contribution in [0.1, 0.15) is 23.2 Å². The fraction of sp³-hybridized carbons (Fsp3) is 0.462. The molecule has 0 unspecified atom stereocenters. The van der Waals surface area contributed by atoms with E-state index in [1.54, 1.807) is 24.3 Å². The van der Waals surface area contributed by atoms with E-state index in [1.807, 2.05) is 0 Å². The molecular weight excluding hydrogens is 238 g/mol. The lowest BCUT2D eigenvalue weighted by Crippen LogP contribution is -2.53. The number of amides is 1. The highest BCUT2D eigenvalue weighted by atomic mass is 35.5. The minimum absolute atomic E-state index is 0.0390. The average molecular weight is 252 g/mol. The van der Waals surface area contributed by atoms with E-state index in [9.17, 15) is 4.79 Å². The van der Waals surface area contributed by atoms with Crippen LogP contribution in [0.2, 0.25) is 5.02 Å². The molecule has 3 nitrogen and oxygen atoms in total. The van der Waals surface area contributed by atoms with Crippen molar-refractivity contribution in [1.82, 2.24) is 5.32 Å². The highest BCUT2D eigenvalue weighted by Gasteiger charge is 2.45. The van der Waals surface area contributed by atoms with Crippen molar-refractivity contribution in [3.63, 3.8) is 0 Å². The Balaban J connectivity index is 1.64. The van der Waals surface area contributed by atoms with Crippen molar-refractivity contribution in [2.45, 2.75) is 25.0 Å². The fourth-order valence-electron chi connectivity index (χ4n) is 2.64. The molecule has 1 saturated heterocycles. The smallest absolute Gasteiger partial charge is 0.251 e. The van der Waals surface area contributed by atoms with Crippen LogP contribution in [0.3, 0.4) is 0 Å². The van der Waals surface area contributed by atoms with Crippen LogP contribution in [0.4, 0.5) is 0 Å². The summed E-state index contributed by atoms with van der Waals surface area (Å²) in [5.41, 5.74) is 0.625. The molecule has 2 aliphatic rings. The predicted octanol–water partition coefficient (Wildman–Crippen LogP) is 2.25. The van der Waals surface area contributed by atoms with Crippen LogP contribution >= 0.6 is 11.6 Å². The Kier molecular flexibility index (Phi) is 2.81. The Morgan fingerprint density at radius 2 is 2.35 bits per heavy atom. The number of carbonyl (C=O) groups is 1. The van der Waals surface area contributed by atoms with Gasteiger partial charge in [0.2, 0.25) is 0 Å². The molecule has 0 bridgehead atoms. The van der Waals surface area contributed by atoms with E-state index in [0.717, 1.165) is 19.4 Å². The first kappa shape index (κ1) is 11.1. The van der Waals surface area contributed by atoms with E-state index in [0.29, 0.717) is 22.6 Å². The SMILES string of the molecule is O=C(N[C@@H]1C[C@H]2OCC[C@@H]12)c1cccc(Cl)c1. The molecule has 3 rings (SSSR count). The van der Waals surface area contributed by atoms with Gasteiger partial charge < -0.3 is 10.1 Å². The highest BCUT2D eigenvalue weighted by molar-refractivity contribution is 6.30. The third-order valence-corrected chi connectivity index (χ3v) is 3.90. The van der Waals surface area contributed by atoms with Crippen molar-refractivity contribution in [1.29, 1.82) is 0 Å². The van der Waals surface area contributed by atoms with E-state index in [4.69, 9.17) is 16.3 Å². The molecule has 4 heteroatoms. The molecule has 1 saturated carbocycles. The summed E-state index contributed by atoms with van der Waals surface area (Å²) in [4.78, 5) is 12.0. The van der Waals surface area contributed by atoms with Gasteiger partial charge in [0.15, 0.2) is 0 Å². The lowest BCUT2D eigenvalue weighted by Gasteiger charge is -2.39. The molecular formula is C13H14ClNO2. The van der Waals surface area contributed by atoms with Gasteiger partial charge in [0.1, 0.15) is 0 Å². The quantitative estimate of drug-likeness (QED) is 0.876. The first-order valence-electron chi connectivity index (χ1n) is 5.92. The number of fused-ring (bicyclic) bond motifs is 1. The number of halogens is 1. The summed E-state index contributed by atoms with van der Waals surface area (Å²) < 4.78 is 5.52. The zero-order valence-electron chi connectivity index (χ0n) is 9.36. The summed E-state index contributed by atoms with van der Waals surface area (Å²) in [6, 6.07) is 7.30. The number of nitrogens with one attached hydrogen (secondary N) is 1. The average Bonchev–Trinajstić information content (AvgIpc) is 2.67. The monoisotopic (exact) mass is 251 g/mol. The maximum atomic E-state index is 12.0.